The third-order valence-electron chi connectivity index (χ3n) is 2.11. The predicted octanol–water partition coefficient (Wildman–Crippen LogP) is 4.60. The summed E-state index contributed by atoms with van der Waals surface area (Å²) >= 11 is 11.5. The van der Waals surface area contributed by atoms with E-state index in [0.29, 0.717) is 21.5 Å². The average molecular weight is 282 g/mol. The van der Waals surface area contributed by atoms with Gasteiger partial charge in [0.25, 0.3) is 0 Å². The van der Waals surface area contributed by atoms with Gasteiger partial charge in [0.15, 0.2) is 0 Å². The van der Waals surface area contributed by atoms with Gasteiger partial charge < -0.3 is 4.74 Å². The van der Waals surface area contributed by atoms with Crippen molar-refractivity contribution in [3.05, 3.63) is 58.6 Å². The number of ether oxygens (including phenoxy) is 1. The van der Waals surface area contributed by atoms with E-state index in [2.05, 4.69) is 5.32 Å². The molecule has 0 aliphatic heterocycles. The van der Waals surface area contributed by atoms with Gasteiger partial charge in [0.1, 0.15) is 5.75 Å². The molecule has 0 radical (unpaired) electrons. The van der Waals surface area contributed by atoms with E-state index < -0.39 is 6.09 Å². The largest absolute Gasteiger partial charge is 0.417 e. The summed E-state index contributed by atoms with van der Waals surface area (Å²) in [7, 11) is 0. The first kappa shape index (κ1) is 12.7. The van der Waals surface area contributed by atoms with E-state index >= 15 is 0 Å². The number of anilines is 1. The molecule has 2 aromatic carbocycles. The number of hydrogen-bond donors (Lipinski definition) is 1. The fourth-order valence-electron chi connectivity index (χ4n) is 1.29. The number of carbonyl (C=O) groups excluding carboxylic acids is 1. The zero-order chi connectivity index (χ0) is 13.0. The first-order valence-corrected chi connectivity index (χ1v) is 5.89. The van der Waals surface area contributed by atoms with Crippen molar-refractivity contribution in [2.45, 2.75) is 0 Å². The maximum absolute atomic E-state index is 11.6. The molecule has 0 aliphatic carbocycles. The Labute approximate surface area is 114 Å². The van der Waals surface area contributed by atoms with Crippen LogP contribution in [0.25, 0.3) is 0 Å². The fraction of sp³-hybridized carbons (Fsp3) is 0. The first-order chi connectivity index (χ1) is 8.63. The second-order valence-corrected chi connectivity index (χ2v) is 4.35. The van der Waals surface area contributed by atoms with Gasteiger partial charge in [-0.15, -0.1) is 0 Å². The highest BCUT2D eigenvalue weighted by molar-refractivity contribution is 6.30. The lowest BCUT2D eigenvalue weighted by molar-refractivity contribution is 0.215. The lowest BCUT2D eigenvalue weighted by Gasteiger charge is -2.06. The Balaban J connectivity index is 1.96. The normalized spacial score (nSPS) is 9.89. The Bertz CT molecular complexity index is 488. The summed E-state index contributed by atoms with van der Waals surface area (Å²) in [6, 6.07) is 13.3. The molecule has 0 heterocycles. The number of rotatable bonds is 2. The Hall–Kier alpha value is -1.71. The summed E-state index contributed by atoms with van der Waals surface area (Å²) in [6.45, 7) is 0. The molecule has 0 unspecified atom stereocenters. The van der Waals surface area contributed by atoms with Crippen LogP contribution in [0, 0.1) is 0 Å². The first-order valence-electron chi connectivity index (χ1n) is 5.13. The minimum atomic E-state index is -0.570. The molecule has 0 fully saturated rings. The molecule has 0 aliphatic rings. The maximum Gasteiger partial charge on any atom is 0.417 e. The molecule has 0 saturated carbocycles. The summed E-state index contributed by atoms with van der Waals surface area (Å²) in [5.74, 6) is 0.422. The van der Waals surface area contributed by atoms with Crippen LogP contribution in [0.15, 0.2) is 48.5 Å². The Morgan fingerprint density at radius 1 is 0.889 bits per heavy atom. The third-order valence-corrected chi connectivity index (χ3v) is 2.62. The van der Waals surface area contributed by atoms with Crippen LogP contribution >= 0.6 is 23.2 Å². The molecule has 0 saturated heterocycles. The molecule has 2 aromatic rings. The molecular formula is C13H9Cl2NO2. The van der Waals surface area contributed by atoms with Crippen molar-refractivity contribution in [2.24, 2.45) is 0 Å². The van der Waals surface area contributed by atoms with E-state index in [9.17, 15) is 4.79 Å². The molecule has 0 aromatic heterocycles. The van der Waals surface area contributed by atoms with Gasteiger partial charge in [-0.05, 0) is 48.5 Å². The lowest BCUT2D eigenvalue weighted by Crippen LogP contribution is -2.16. The van der Waals surface area contributed by atoms with Gasteiger partial charge in [-0.25, -0.2) is 4.79 Å². The molecule has 0 bridgehead atoms. The Morgan fingerprint density at radius 3 is 1.94 bits per heavy atom. The molecule has 2 rings (SSSR count). The van der Waals surface area contributed by atoms with E-state index in [1.807, 2.05) is 0 Å². The molecule has 1 N–H and O–H groups in total. The highest BCUT2D eigenvalue weighted by atomic mass is 35.5. The fourth-order valence-corrected chi connectivity index (χ4v) is 1.54. The highest BCUT2D eigenvalue weighted by Gasteiger charge is 2.04. The van der Waals surface area contributed by atoms with E-state index in [1.54, 1.807) is 48.5 Å². The quantitative estimate of drug-likeness (QED) is 0.873. The van der Waals surface area contributed by atoms with Gasteiger partial charge in [-0.2, -0.15) is 0 Å². The van der Waals surface area contributed by atoms with Crippen molar-refractivity contribution < 1.29 is 9.53 Å². The van der Waals surface area contributed by atoms with Crippen molar-refractivity contribution in [3.63, 3.8) is 0 Å². The highest BCUT2D eigenvalue weighted by Crippen LogP contribution is 2.17. The van der Waals surface area contributed by atoms with E-state index in [1.165, 1.54) is 0 Å². The van der Waals surface area contributed by atoms with Crippen molar-refractivity contribution >= 4 is 35.0 Å². The second-order valence-electron chi connectivity index (χ2n) is 3.48. The molecule has 3 nitrogen and oxygen atoms in total. The van der Waals surface area contributed by atoms with Crippen LogP contribution < -0.4 is 10.1 Å². The Morgan fingerprint density at radius 2 is 1.39 bits per heavy atom. The minimum Gasteiger partial charge on any atom is -0.410 e. The zero-order valence-corrected chi connectivity index (χ0v) is 10.7. The van der Waals surface area contributed by atoms with Gasteiger partial charge in [0.05, 0.1) is 0 Å². The van der Waals surface area contributed by atoms with Crippen molar-refractivity contribution in [2.75, 3.05) is 5.32 Å². The second kappa shape index (κ2) is 5.76. The van der Waals surface area contributed by atoms with Gasteiger partial charge in [0.2, 0.25) is 0 Å². The van der Waals surface area contributed by atoms with Crippen LogP contribution in [0.3, 0.4) is 0 Å². The number of amides is 1. The van der Waals surface area contributed by atoms with E-state index in [0.717, 1.165) is 0 Å². The number of halogens is 2. The summed E-state index contributed by atoms with van der Waals surface area (Å²) in [4.78, 5) is 11.6. The SMILES string of the molecule is O=C(Nc1ccc(Cl)cc1)Oc1ccc(Cl)cc1. The zero-order valence-electron chi connectivity index (χ0n) is 9.19. The molecule has 1 amide bonds. The average Bonchev–Trinajstić information content (AvgIpc) is 2.35. The van der Waals surface area contributed by atoms with Crippen LogP contribution in [0.5, 0.6) is 5.75 Å². The van der Waals surface area contributed by atoms with Gasteiger partial charge >= 0.3 is 6.09 Å². The summed E-state index contributed by atoms with van der Waals surface area (Å²) in [5.41, 5.74) is 0.610. The van der Waals surface area contributed by atoms with Crippen LogP contribution in [0.2, 0.25) is 10.0 Å². The predicted molar refractivity (Wildman–Crippen MR) is 72.6 cm³/mol. The van der Waals surface area contributed by atoms with Crippen molar-refractivity contribution in [3.8, 4) is 5.75 Å². The summed E-state index contributed by atoms with van der Waals surface area (Å²) < 4.78 is 5.06. The lowest BCUT2D eigenvalue weighted by atomic mass is 10.3. The summed E-state index contributed by atoms with van der Waals surface area (Å²) in [5, 5.41) is 3.77. The Kier molecular flexibility index (Phi) is 4.07. The molecule has 18 heavy (non-hydrogen) atoms. The van der Waals surface area contributed by atoms with Crippen molar-refractivity contribution in [1.82, 2.24) is 0 Å². The van der Waals surface area contributed by atoms with Crippen LogP contribution in [0.4, 0.5) is 10.5 Å². The van der Waals surface area contributed by atoms with Gasteiger partial charge in [0, 0.05) is 15.7 Å². The molecule has 92 valence electrons. The minimum absolute atomic E-state index is 0.422. The smallest absolute Gasteiger partial charge is 0.410 e. The third kappa shape index (κ3) is 3.65. The summed E-state index contributed by atoms with van der Waals surface area (Å²) in [6.07, 6.45) is -0.570. The van der Waals surface area contributed by atoms with Gasteiger partial charge in [-0.1, -0.05) is 23.2 Å². The monoisotopic (exact) mass is 281 g/mol. The topological polar surface area (TPSA) is 38.3 Å². The maximum atomic E-state index is 11.6. The number of hydrogen-bond acceptors (Lipinski definition) is 2. The van der Waals surface area contributed by atoms with Gasteiger partial charge in [-0.3, -0.25) is 5.32 Å². The number of benzene rings is 2. The van der Waals surface area contributed by atoms with Crippen LogP contribution in [-0.4, -0.2) is 6.09 Å². The van der Waals surface area contributed by atoms with E-state index in [-0.39, 0.29) is 0 Å². The number of nitrogens with one attached hydrogen (secondary N) is 1. The standard InChI is InChI=1S/C13H9Cl2NO2/c14-9-1-5-11(6-2-9)16-13(17)18-12-7-3-10(15)4-8-12/h1-8H,(H,16,17). The molecule has 0 atom stereocenters. The van der Waals surface area contributed by atoms with Crippen LogP contribution in [-0.2, 0) is 0 Å². The van der Waals surface area contributed by atoms with E-state index in [4.69, 9.17) is 27.9 Å². The number of carbonyl (C=O) groups is 1. The van der Waals surface area contributed by atoms with Crippen LogP contribution in [0.1, 0.15) is 0 Å². The van der Waals surface area contributed by atoms with Crippen molar-refractivity contribution in [1.29, 1.82) is 0 Å². The molecule has 0 spiro atoms. The molecular weight excluding hydrogens is 273 g/mol. The molecule has 5 heteroatoms.